The number of pyridine rings is 1. The predicted octanol–water partition coefficient (Wildman–Crippen LogP) is 5.80. The summed E-state index contributed by atoms with van der Waals surface area (Å²) in [6.07, 6.45) is 5.22. The number of nitriles is 1. The highest BCUT2D eigenvalue weighted by Crippen LogP contribution is 2.38. The fourth-order valence-electron chi connectivity index (χ4n) is 7.04. The number of rotatable bonds is 8. The summed E-state index contributed by atoms with van der Waals surface area (Å²) in [6.45, 7) is 13.4. The summed E-state index contributed by atoms with van der Waals surface area (Å²) in [6, 6.07) is 13.5. The van der Waals surface area contributed by atoms with Gasteiger partial charge in [-0.1, -0.05) is 39.0 Å². The van der Waals surface area contributed by atoms with Gasteiger partial charge in [0.1, 0.15) is 23.1 Å². The highest BCUT2D eigenvalue weighted by Gasteiger charge is 2.33. The minimum absolute atomic E-state index is 0.0149. The van der Waals surface area contributed by atoms with Crippen LogP contribution in [0.25, 0.3) is 11.1 Å². The van der Waals surface area contributed by atoms with Crippen molar-refractivity contribution < 1.29 is 19.1 Å². The maximum Gasteiger partial charge on any atom is 0.264 e. The van der Waals surface area contributed by atoms with E-state index in [0.717, 1.165) is 40.7 Å². The Kier molecular flexibility index (Phi) is 10.9. The number of aromatic nitrogens is 1. The fraction of sp³-hybridized carbons (Fsp3) is 0.450. The zero-order valence-electron chi connectivity index (χ0n) is 30.6. The number of allylic oxidation sites excluding steroid dienone is 1. The van der Waals surface area contributed by atoms with Crippen molar-refractivity contribution in [1.82, 2.24) is 19.3 Å². The topological polar surface area (TPSA) is 108 Å². The summed E-state index contributed by atoms with van der Waals surface area (Å²) in [4.78, 5) is 45.6. The van der Waals surface area contributed by atoms with Crippen LogP contribution in [-0.2, 0) is 18.4 Å². The summed E-state index contributed by atoms with van der Waals surface area (Å²) in [5.41, 5.74) is 5.79. The molecule has 264 valence electrons. The first kappa shape index (κ1) is 36.4. The summed E-state index contributed by atoms with van der Waals surface area (Å²) >= 11 is 0. The molecule has 1 aromatic heterocycles. The van der Waals surface area contributed by atoms with Crippen LogP contribution < -0.4 is 15.0 Å². The van der Waals surface area contributed by atoms with Crippen LogP contribution in [0, 0.1) is 30.6 Å². The van der Waals surface area contributed by atoms with Crippen molar-refractivity contribution in [1.29, 1.82) is 5.26 Å². The number of ether oxygens (including phenoxy) is 2. The number of carbonyl (C=O) groups excluding carboxylic acids is 2. The van der Waals surface area contributed by atoms with Gasteiger partial charge in [0.15, 0.2) is 0 Å². The molecule has 0 saturated carbocycles. The second-order valence-electron chi connectivity index (χ2n) is 14.5. The molecule has 3 heterocycles. The Morgan fingerprint density at radius 1 is 0.980 bits per heavy atom. The van der Waals surface area contributed by atoms with Crippen molar-refractivity contribution in [3.63, 3.8) is 0 Å². The molecule has 10 heteroatoms. The first-order valence-corrected chi connectivity index (χ1v) is 17.2. The number of methoxy groups -OCH3 is 2. The molecule has 2 aliphatic rings. The summed E-state index contributed by atoms with van der Waals surface area (Å²) in [5.74, 6) is 1.12. The Morgan fingerprint density at radius 3 is 2.24 bits per heavy atom. The Labute approximate surface area is 295 Å². The molecule has 1 unspecified atom stereocenters. The number of amides is 2. The van der Waals surface area contributed by atoms with Gasteiger partial charge in [0.05, 0.1) is 25.8 Å². The SMILES string of the molecule is COc1cc(-c2cn(C)c(=O)c(C)c2C)cc(OC)c1CN1CCN(C(=O)c2cccc(C3CCCN3C(=O)C(C#N)=CC(C)(C)C)c2)CC1. The van der Waals surface area contributed by atoms with E-state index in [1.165, 1.54) is 0 Å². The van der Waals surface area contributed by atoms with Crippen LogP contribution in [0.1, 0.15) is 72.3 Å². The van der Waals surface area contributed by atoms with E-state index in [1.54, 1.807) is 36.8 Å². The summed E-state index contributed by atoms with van der Waals surface area (Å²) in [5, 5.41) is 9.74. The third-order valence-electron chi connectivity index (χ3n) is 9.85. The largest absolute Gasteiger partial charge is 0.496 e. The van der Waals surface area contributed by atoms with Crippen LogP contribution in [0.3, 0.4) is 0 Å². The first-order valence-electron chi connectivity index (χ1n) is 17.2. The predicted molar refractivity (Wildman–Crippen MR) is 194 cm³/mol. The van der Waals surface area contributed by atoms with Crippen molar-refractivity contribution in [3.8, 4) is 28.7 Å². The Balaban J connectivity index is 1.28. The molecule has 5 rings (SSSR count). The van der Waals surface area contributed by atoms with Gasteiger partial charge in [-0.3, -0.25) is 19.3 Å². The lowest BCUT2D eigenvalue weighted by Gasteiger charge is -2.35. The molecule has 0 spiro atoms. The molecule has 10 nitrogen and oxygen atoms in total. The summed E-state index contributed by atoms with van der Waals surface area (Å²) in [7, 11) is 5.06. The van der Waals surface area contributed by atoms with E-state index < -0.39 is 0 Å². The number of aryl methyl sites for hydroxylation is 1. The number of carbonyl (C=O) groups is 2. The lowest BCUT2D eigenvalue weighted by Crippen LogP contribution is -2.48. The van der Waals surface area contributed by atoms with Crippen molar-refractivity contribution in [3.05, 3.63) is 92.4 Å². The average molecular weight is 680 g/mol. The van der Waals surface area contributed by atoms with Gasteiger partial charge in [0, 0.05) is 69.2 Å². The highest BCUT2D eigenvalue weighted by molar-refractivity contribution is 5.98. The van der Waals surface area contributed by atoms with E-state index >= 15 is 0 Å². The van der Waals surface area contributed by atoms with E-state index in [1.807, 2.05) is 82.1 Å². The average Bonchev–Trinajstić information content (AvgIpc) is 3.61. The van der Waals surface area contributed by atoms with Gasteiger partial charge < -0.3 is 23.8 Å². The Hall–Kier alpha value is -4.88. The van der Waals surface area contributed by atoms with Crippen LogP contribution in [-0.4, -0.2) is 78.0 Å². The van der Waals surface area contributed by atoms with Crippen molar-refractivity contribution in [2.24, 2.45) is 12.5 Å². The van der Waals surface area contributed by atoms with Gasteiger partial charge in [-0.2, -0.15) is 5.26 Å². The van der Waals surface area contributed by atoms with Crippen LogP contribution in [0.2, 0.25) is 0 Å². The van der Waals surface area contributed by atoms with Gasteiger partial charge in [0.25, 0.3) is 17.4 Å². The zero-order valence-corrected chi connectivity index (χ0v) is 30.6. The zero-order chi connectivity index (χ0) is 36.3. The van der Waals surface area contributed by atoms with E-state index in [0.29, 0.717) is 61.9 Å². The Bertz CT molecular complexity index is 1880. The normalized spacial score (nSPS) is 17.1. The van der Waals surface area contributed by atoms with Crippen LogP contribution in [0.5, 0.6) is 11.5 Å². The number of hydrogen-bond donors (Lipinski definition) is 0. The number of likely N-dealkylation sites (tertiary alicyclic amines) is 1. The molecule has 0 bridgehead atoms. The van der Waals surface area contributed by atoms with E-state index in [-0.39, 0.29) is 34.4 Å². The molecule has 2 saturated heterocycles. The molecule has 3 aromatic rings. The van der Waals surface area contributed by atoms with Gasteiger partial charge in [-0.25, -0.2) is 0 Å². The second kappa shape index (κ2) is 14.9. The molecule has 2 amide bonds. The molecule has 0 aliphatic carbocycles. The number of piperazine rings is 1. The molecule has 0 N–H and O–H groups in total. The Morgan fingerprint density at radius 2 is 1.64 bits per heavy atom. The standard InChI is InChI=1S/C40H49N5O5/c1-26-27(2)37(46)42(6)24-32(26)30-20-35(49-7)33(36(21-30)50-8)25-43-15-17-44(18-16-43)38(47)29-12-9-11-28(19-29)34-13-10-14-45(34)39(48)31(23-41)22-40(3,4)5/h9,11-12,19-22,24,34H,10,13-18,25H2,1-8H3. The molecular weight excluding hydrogens is 630 g/mol. The van der Waals surface area contributed by atoms with Crippen molar-refractivity contribution in [2.45, 2.75) is 60.0 Å². The molecule has 2 aromatic carbocycles. The quantitative estimate of drug-likeness (QED) is 0.219. The first-order chi connectivity index (χ1) is 23.8. The minimum atomic E-state index is -0.293. The van der Waals surface area contributed by atoms with Gasteiger partial charge >= 0.3 is 0 Å². The third-order valence-corrected chi connectivity index (χ3v) is 9.85. The molecule has 0 radical (unpaired) electrons. The number of nitrogens with zero attached hydrogens (tertiary/aromatic N) is 5. The number of benzene rings is 2. The minimum Gasteiger partial charge on any atom is -0.496 e. The van der Waals surface area contributed by atoms with E-state index in [9.17, 15) is 19.6 Å². The monoisotopic (exact) mass is 679 g/mol. The lowest BCUT2D eigenvalue weighted by molar-refractivity contribution is -0.127. The maximum atomic E-state index is 13.7. The summed E-state index contributed by atoms with van der Waals surface area (Å²) < 4.78 is 13.3. The van der Waals surface area contributed by atoms with Gasteiger partial charge in [0.2, 0.25) is 0 Å². The van der Waals surface area contributed by atoms with Gasteiger partial charge in [-0.05, 0) is 73.1 Å². The molecule has 1 atom stereocenters. The maximum absolute atomic E-state index is 13.7. The lowest BCUT2D eigenvalue weighted by atomic mass is 9.93. The second-order valence-corrected chi connectivity index (χ2v) is 14.5. The van der Waals surface area contributed by atoms with E-state index in [2.05, 4.69) is 11.0 Å². The van der Waals surface area contributed by atoms with Crippen molar-refractivity contribution >= 4 is 11.8 Å². The fourth-order valence-corrected chi connectivity index (χ4v) is 7.04. The highest BCUT2D eigenvalue weighted by atomic mass is 16.5. The number of hydrogen-bond acceptors (Lipinski definition) is 7. The van der Waals surface area contributed by atoms with Crippen molar-refractivity contribution in [2.75, 3.05) is 46.9 Å². The van der Waals surface area contributed by atoms with Gasteiger partial charge in [-0.15, -0.1) is 0 Å². The third kappa shape index (κ3) is 7.63. The van der Waals surface area contributed by atoms with Crippen LogP contribution in [0.15, 0.2) is 59.0 Å². The molecule has 2 aliphatic heterocycles. The van der Waals surface area contributed by atoms with Crippen LogP contribution >= 0.6 is 0 Å². The smallest absolute Gasteiger partial charge is 0.264 e. The van der Waals surface area contributed by atoms with E-state index in [4.69, 9.17) is 9.47 Å². The molecule has 50 heavy (non-hydrogen) atoms. The molecular formula is C40H49N5O5. The molecule has 2 fully saturated rings. The van der Waals surface area contributed by atoms with Crippen LogP contribution in [0.4, 0.5) is 0 Å².